The Hall–Kier alpha value is -1.30. The number of hydrogen-bond acceptors (Lipinski definition) is 3. The fraction of sp³-hybridized carbons (Fsp3) is 0.800. The highest BCUT2D eigenvalue weighted by molar-refractivity contribution is 5.75. The van der Waals surface area contributed by atoms with Gasteiger partial charge in [-0.2, -0.15) is 0 Å². The lowest BCUT2D eigenvalue weighted by Gasteiger charge is -2.28. The third-order valence-corrected chi connectivity index (χ3v) is 2.74. The van der Waals surface area contributed by atoms with Gasteiger partial charge in [-0.05, 0) is 6.42 Å². The van der Waals surface area contributed by atoms with E-state index in [0.29, 0.717) is 13.2 Å². The predicted octanol–water partition coefficient (Wildman–Crippen LogP) is 0.234. The van der Waals surface area contributed by atoms with Gasteiger partial charge in [0.2, 0.25) is 0 Å². The minimum absolute atomic E-state index is 0.0305. The van der Waals surface area contributed by atoms with Crippen LogP contribution >= 0.6 is 0 Å². The number of likely N-dealkylation sites (N-methyl/N-ethyl adjacent to an activating group) is 1. The van der Waals surface area contributed by atoms with Crippen LogP contribution < -0.4 is 0 Å². The van der Waals surface area contributed by atoms with Gasteiger partial charge in [-0.3, -0.25) is 4.79 Å². The first-order valence-corrected chi connectivity index (χ1v) is 5.30. The molecule has 0 aliphatic carbocycles. The van der Waals surface area contributed by atoms with Gasteiger partial charge < -0.3 is 19.6 Å². The van der Waals surface area contributed by atoms with E-state index in [1.165, 1.54) is 4.90 Å². The number of ether oxygens (including phenoxy) is 1. The van der Waals surface area contributed by atoms with Crippen LogP contribution in [0, 0.1) is 0 Å². The Morgan fingerprint density at radius 3 is 2.62 bits per heavy atom. The van der Waals surface area contributed by atoms with Gasteiger partial charge in [0.1, 0.15) is 0 Å². The first-order chi connectivity index (χ1) is 7.52. The lowest BCUT2D eigenvalue weighted by molar-refractivity contribution is -0.137. The van der Waals surface area contributed by atoms with Gasteiger partial charge in [0.05, 0.1) is 19.1 Å². The number of urea groups is 1. The monoisotopic (exact) mass is 230 g/mol. The molecule has 6 nitrogen and oxygen atoms in total. The Morgan fingerprint density at radius 1 is 1.44 bits per heavy atom. The van der Waals surface area contributed by atoms with Gasteiger partial charge in [-0.15, -0.1) is 0 Å². The Balaban J connectivity index is 2.39. The van der Waals surface area contributed by atoms with E-state index < -0.39 is 5.97 Å². The highest BCUT2D eigenvalue weighted by atomic mass is 16.5. The van der Waals surface area contributed by atoms with Crippen molar-refractivity contribution in [1.29, 1.82) is 0 Å². The summed E-state index contributed by atoms with van der Waals surface area (Å²) in [4.78, 5) is 25.3. The number of nitrogens with zero attached hydrogens (tertiary/aromatic N) is 2. The molecule has 0 aromatic rings. The summed E-state index contributed by atoms with van der Waals surface area (Å²) in [6, 6.07) is -0.0449. The lowest BCUT2D eigenvalue weighted by atomic mass is 10.2. The van der Waals surface area contributed by atoms with Crippen LogP contribution in [0.25, 0.3) is 0 Å². The van der Waals surface area contributed by atoms with E-state index in [2.05, 4.69) is 0 Å². The molecule has 6 heteroatoms. The van der Waals surface area contributed by atoms with E-state index in [-0.39, 0.29) is 25.0 Å². The Morgan fingerprint density at radius 2 is 2.12 bits per heavy atom. The van der Waals surface area contributed by atoms with Crippen LogP contribution in [0.1, 0.15) is 12.8 Å². The van der Waals surface area contributed by atoms with Crippen molar-refractivity contribution < 1.29 is 19.4 Å². The maximum Gasteiger partial charge on any atom is 0.319 e. The van der Waals surface area contributed by atoms with E-state index >= 15 is 0 Å². The van der Waals surface area contributed by atoms with Gasteiger partial charge in [-0.1, -0.05) is 0 Å². The highest BCUT2D eigenvalue weighted by Gasteiger charge is 2.26. The smallest absolute Gasteiger partial charge is 0.319 e. The summed E-state index contributed by atoms with van der Waals surface area (Å²) >= 11 is 0. The van der Waals surface area contributed by atoms with Gasteiger partial charge in [-0.25, -0.2) is 4.79 Å². The van der Waals surface area contributed by atoms with Crippen molar-refractivity contribution in [2.24, 2.45) is 0 Å². The minimum atomic E-state index is -0.897. The normalized spacial score (nSPS) is 19.5. The summed E-state index contributed by atoms with van der Waals surface area (Å²) in [7, 11) is 3.33. The van der Waals surface area contributed by atoms with Crippen LogP contribution in [-0.4, -0.2) is 66.8 Å². The van der Waals surface area contributed by atoms with Crippen molar-refractivity contribution in [2.75, 3.05) is 33.9 Å². The third-order valence-electron chi connectivity index (χ3n) is 2.74. The molecular formula is C10H18N2O4. The average Bonchev–Trinajstić information content (AvgIpc) is 2.77. The fourth-order valence-corrected chi connectivity index (χ4v) is 1.61. The van der Waals surface area contributed by atoms with E-state index in [1.54, 1.807) is 19.0 Å². The van der Waals surface area contributed by atoms with Crippen LogP contribution in [0.3, 0.4) is 0 Å². The van der Waals surface area contributed by atoms with E-state index in [0.717, 1.165) is 6.42 Å². The molecule has 0 aromatic carbocycles. The zero-order chi connectivity index (χ0) is 12.1. The van der Waals surface area contributed by atoms with Gasteiger partial charge in [0.15, 0.2) is 0 Å². The minimum Gasteiger partial charge on any atom is -0.481 e. The van der Waals surface area contributed by atoms with Gasteiger partial charge in [0, 0.05) is 27.2 Å². The number of carbonyl (C=O) groups excluding carboxylic acids is 1. The molecule has 1 unspecified atom stereocenters. The number of rotatable bonds is 4. The molecule has 16 heavy (non-hydrogen) atoms. The fourth-order valence-electron chi connectivity index (χ4n) is 1.61. The second-order valence-corrected chi connectivity index (χ2v) is 3.98. The number of hydrogen-bond donors (Lipinski definition) is 1. The summed E-state index contributed by atoms with van der Waals surface area (Å²) in [6.45, 7) is 1.47. The maximum atomic E-state index is 11.8. The Kier molecular flexibility index (Phi) is 4.54. The summed E-state index contributed by atoms with van der Waals surface area (Å²) in [5.41, 5.74) is 0. The topological polar surface area (TPSA) is 70.1 Å². The van der Waals surface area contributed by atoms with Crippen molar-refractivity contribution in [3.05, 3.63) is 0 Å². The lowest BCUT2D eigenvalue weighted by Crippen LogP contribution is -2.45. The Labute approximate surface area is 94.8 Å². The number of carboxylic acids is 1. The molecule has 0 spiro atoms. The van der Waals surface area contributed by atoms with Gasteiger partial charge in [0.25, 0.3) is 0 Å². The summed E-state index contributed by atoms with van der Waals surface area (Å²) in [5.74, 6) is -0.897. The molecule has 0 bridgehead atoms. The third kappa shape index (κ3) is 3.37. The van der Waals surface area contributed by atoms with Crippen molar-refractivity contribution >= 4 is 12.0 Å². The second kappa shape index (κ2) is 5.69. The van der Waals surface area contributed by atoms with Crippen LogP contribution in [0.5, 0.6) is 0 Å². The standard InChI is InChI=1S/C10H18N2O4/c1-11(5-3-9(13)14)10(15)12(2)8-4-6-16-7-8/h8H,3-7H2,1-2H3,(H,13,14). The molecule has 1 atom stereocenters. The van der Waals surface area contributed by atoms with Crippen molar-refractivity contribution in [3.8, 4) is 0 Å². The number of carboxylic acid groups (broad SMARTS) is 1. The van der Waals surface area contributed by atoms with Gasteiger partial charge >= 0.3 is 12.0 Å². The largest absolute Gasteiger partial charge is 0.481 e. The zero-order valence-corrected chi connectivity index (χ0v) is 9.68. The van der Waals surface area contributed by atoms with Crippen molar-refractivity contribution in [3.63, 3.8) is 0 Å². The van der Waals surface area contributed by atoms with Crippen molar-refractivity contribution in [1.82, 2.24) is 9.80 Å². The van der Waals surface area contributed by atoms with Crippen LogP contribution in [-0.2, 0) is 9.53 Å². The van der Waals surface area contributed by atoms with E-state index in [1.807, 2.05) is 0 Å². The first kappa shape index (κ1) is 12.8. The maximum absolute atomic E-state index is 11.8. The predicted molar refractivity (Wildman–Crippen MR) is 57.3 cm³/mol. The molecule has 1 heterocycles. The molecule has 2 amide bonds. The van der Waals surface area contributed by atoms with Crippen LogP contribution in [0.2, 0.25) is 0 Å². The summed E-state index contributed by atoms with van der Waals surface area (Å²) in [6.07, 6.45) is 0.812. The van der Waals surface area contributed by atoms with E-state index in [9.17, 15) is 9.59 Å². The van der Waals surface area contributed by atoms with Crippen molar-refractivity contribution in [2.45, 2.75) is 18.9 Å². The number of amides is 2. The average molecular weight is 230 g/mol. The molecule has 92 valence electrons. The molecule has 1 aliphatic heterocycles. The molecule has 0 saturated carbocycles. The molecule has 1 rings (SSSR count). The zero-order valence-electron chi connectivity index (χ0n) is 9.68. The van der Waals surface area contributed by atoms with E-state index in [4.69, 9.17) is 9.84 Å². The first-order valence-electron chi connectivity index (χ1n) is 5.30. The number of carbonyl (C=O) groups is 2. The van der Waals surface area contributed by atoms with Crippen LogP contribution in [0.4, 0.5) is 4.79 Å². The molecule has 0 aromatic heterocycles. The molecule has 0 radical (unpaired) electrons. The summed E-state index contributed by atoms with van der Waals surface area (Å²) in [5, 5.41) is 8.52. The molecule has 1 aliphatic rings. The molecule has 1 fully saturated rings. The summed E-state index contributed by atoms with van der Waals surface area (Å²) < 4.78 is 5.20. The van der Waals surface area contributed by atoms with Crippen LogP contribution in [0.15, 0.2) is 0 Å². The molecular weight excluding hydrogens is 212 g/mol. The Bertz CT molecular complexity index is 264. The number of aliphatic carboxylic acids is 1. The second-order valence-electron chi connectivity index (χ2n) is 3.98. The highest BCUT2D eigenvalue weighted by Crippen LogP contribution is 2.12. The molecule has 1 saturated heterocycles. The SMILES string of the molecule is CN(CCC(=O)O)C(=O)N(C)C1CCOC1. The quantitative estimate of drug-likeness (QED) is 0.750. The molecule has 1 N–H and O–H groups in total.